The standard InChI is InChI=1S/C12H19NO2S/c1-10(2)8-9-13-11-4-6-12(7-5-11)16(3,14)15/h4-7,10,13H,8-9H2,1-3H3. The summed E-state index contributed by atoms with van der Waals surface area (Å²) in [4.78, 5) is 0.363. The van der Waals surface area contributed by atoms with Crippen LogP contribution < -0.4 is 5.32 Å². The van der Waals surface area contributed by atoms with Crippen molar-refractivity contribution >= 4 is 15.5 Å². The highest BCUT2D eigenvalue weighted by molar-refractivity contribution is 7.90. The summed E-state index contributed by atoms with van der Waals surface area (Å²) in [6.07, 6.45) is 2.32. The lowest BCUT2D eigenvalue weighted by Gasteiger charge is -2.08. The number of rotatable bonds is 5. The van der Waals surface area contributed by atoms with Crippen LogP contribution in [0, 0.1) is 5.92 Å². The van der Waals surface area contributed by atoms with Crippen LogP contribution in [0.2, 0.25) is 0 Å². The quantitative estimate of drug-likeness (QED) is 0.861. The van der Waals surface area contributed by atoms with E-state index in [4.69, 9.17) is 0 Å². The Kier molecular flexibility index (Phi) is 4.35. The third-order valence-electron chi connectivity index (χ3n) is 2.33. The van der Waals surface area contributed by atoms with E-state index in [0.29, 0.717) is 10.8 Å². The van der Waals surface area contributed by atoms with E-state index in [9.17, 15) is 8.42 Å². The van der Waals surface area contributed by atoms with Crippen LogP contribution in [0.4, 0.5) is 5.69 Å². The molecule has 3 nitrogen and oxygen atoms in total. The fourth-order valence-electron chi connectivity index (χ4n) is 1.33. The highest BCUT2D eigenvalue weighted by Crippen LogP contribution is 2.14. The Morgan fingerprint density at radius 1 is 1.19 bits per heavy atom. The summed E-state index contributed by atoms with van der Waals surface area (Å²) in [6.45, 7) is 5.26. The Balaban J connectivity index is 2.59. The molecule has 0 amide bonds. The third-order valence-corrected chi connectivity index (χ3v) is 3.46. The number of sulfone groups is 1. The van der Waals surface area contributed by atoms with E-state index in [1.54, 1.807) is 24.3 Å². The summed E-state index contributed by atoms with van der Waals surface area (Å²) in [5.74, 6) is 0.669. The Labute approximate surface area is 97.8 Å². The van der Waals surface area contributed by atoms with Gasteiger partial charge in [-0.2, -0.15) is 0 Å². The topological polar surface area (TPSA) is 46.2 Å². The van der Waals surface area contributed by atoms with Crippen LogP contribution in [0.1, 0.15) is 20.3 Å². The molecule has 0 aliphatic rings. The van der Waals surface area contributed by atoms with Crippen LogP contribution in [0.3, 0.4) is 0 Å². The van der Waals surface area contributed by atoms with Crippen LogP contribution in [0.25, 0.3) is 0 Å². The molecule has 0 heterocycles. The van der Waals surface area contributed by atoms with Gasteiger partial charge in [-0.1, -0.05) is 13.8 Å². The highest BCUT2D eigenvalue weighted by atomic mass is 32.2. The van der Waals surface area contributed by atoms with Gasteiger partial charge in [0.25, 0.3) is 0 Å². The fourth-order valence-corrected chi connectivity index (χ4v) is 1.96. The first-order chi connectivity index (χ1) is 7.39. The van der Waals surface area contributed by atoms with E-state index in [0.717, 1.165) is 18.7 Å². The molecule has 0 aromatic heterocycles. The Bertz CT molecular complexity index is 421. The van der Waals surface area contributed by atoms with Gasteiger partial charge in [-0.25, -0.2) is 8.42 Å². The molecule has 1 rings (SSSR count). The summed E-state index contributed by atoms with van der Waals surface area (Å²) < 4.78 is 22.5. The van der Waals surface area contributed by atoms with Gasteiger partial charge in [-0.05, 0) is 36.6 Å². The Morgan fingerprint density at radius 2 is 1.75 bits per heavy atom. The van der Waals surface area contributed by atoms with E-state index >= 15 is 0 Å². The molecule has 1 N–H and O–H groups in total. The largest absolute Gasteiger partial charge is 0.385 e. The second-order valence-corrected chi connectivity index (χ2v) is 6.42. The molecule has 1 aromatic carbocycles. The number of anilines is 1. The molecule has 0 unspecified atom stereocenters. The number of hydrogen-bond donors (Lipinski definition) is 1. The maximum atomic E-state index is 11.2. The van der Waals surface area contributed by atoms with Gasteiger partial charge in [0.05, 0.1) is 4.90 Å². The zero-order chi connectivity index (χ0) is 12.2. The summed E-state index contributed by atoms with van der Waals surface area (Å²) in [5, 5.41) is 3.26. The van der Waals surface area contributed by atoms with Crippen LogP contribution >= 0.6 is 0 Å². The molecule has 0 saturated carbocycles. The van der Waals surface area contributed by atoms with Crippen molar-refractivity contribution in [1.29, 1.82) is 0 Å². The first kappa shape index (κ1) is 13.0. The molecular formula is C12H19NO2S. The van der Waals surface area contributed by atoms with Crippen molar-refractivity contribution in [2.75, 3.05) is 18.1 Å². The molecule has 0 spiro atoms. The van der Waals surface area contributed by atoms with Crippen LogP contribution in [0.15, 0.2) is 29.2 Å². The fraction of sp³-hybridized carbons (Fsp3) is 0.500. The van der Waals surface area contributed by atoms with E-state index < -0.39 is 9.84 Å². The molecule has 0 aliphatic carbocycles. The Morgan fingerprint density at radius 3 is 2.19 bits per heavy atom. The molecule has 0 bridgehead atoms. The van der Waals surface area contributed by atoms with Crippen molar-refractivity contribution in [2.45, 2.75) is 25.2 Å². The maximum Gasteiger partial charge on any atom is 0.175 e. The first-order valence-electron chi connectivity index (χ1n) is 5.43. The van der Waals surface area contributed by atoms with Gasteiger partial charge < -0.3 is 5.32 Å². The lowest BCUT2D eigenvalue weighted by Crippen LogP contribution is -2.05. The van der Waals surface area contributed by atoms with Gasteiger partial charge in [-0.3, -0.25) is 0 Å². The highest BCUT2D eigenvalue weighted by Gasteiger charge is 2.05. The maximum absolute atomic E-state index is 11.2. The SMILES string of the molecule is CC(C)CCNc1ccc(S(C)(=O)=O)cc1. The predicted octanol–water partition coefficient (Wildman–Crippen LogP) is 2.55. The number of hydrogen-bond acceptors (Lipinski definition) is 3. The molecule has 0 aliphatic heterocycles. The van der Waals surface area contributed by atoms with Crippen LogP contribution in [-0.4, -0.2) is 21.2 Å². The van der Waals surface area contributed by atoms with Gasteiger partial charge in [0, 0.05) is 18.5 Å². The normalized spacial score (nSPS) is 11.8. The second kappa shape index (κ2) is 5.34. The summed E-state index contributed by atoms with van der Waals surface area (Å²) in [5.41, 5.74) is 0.966. The summed E-state index contributed by atoms with van der Waals surface area (Å²) in [6, 6.07) is 6.87. The zero-order valence-corrected chi connectivity index (χ0v) is 10.8. The first-order valence-corrected chi connectivity index (χ1v) is 7.32. The van der Waals surface area contributed by atoms with Gasteiger partial charge in [-0.15, -0.1) is 0 Å². The molecule has 0 saturated heterocycles. The lowest BCUT2D eigenvalue weighted by molar-refractivity contribution is 0.602. The number of nitrogens with one attached hydrogen (secondary N) is 1. The van der Waals surface area contributed by atoms with Crippen LogP contribution in [-0.2, 0) is 9.84 Å². The molecule has 1 aromatic rings. The van der Waals surface area contributed by atoms with Crippen molar-refractivity contribution in [3.05, 3.63) is 24.3 Å². The second-order valence-electron chi connectivity index (χ2n) is 4.41. The van der Waals surface area contributed by atoms with Gasteiger partial charge in [0.1, 0.15) is 0 Å². The minimum atomic E-state index is -3.08. The molecular weight excluding hydrogens is 222 g/mol. The van der Waals surface area contributed by atoms with E-state index in [1.165, 1.54) is 6.26 Å². The zero-order valence-electron chi connectivity index (χ0n) is 10.0. The molecule has 0 atom stereocenters. The van der Waals surface area contributed by atoms with Gasteiger partial charge >= 0.3 is 0 Å². The van der Waals surface area contributed by atoms with Crippen molar-refractivity contribution < 1.29 is 8.42 Å². The van der Waals surface area contributed by atoms with Gasteiger partial charge in [0.15, 0.2) is 9.84 Å². The number of benzene rings is 1. The summed E-state index contributed by atoms with van der Waals surface area (Å²) >= 11 is 0. The molecule has 90 valence electrons. The average molecular weight is 241 g/mol. The van der Waals surface area contributed by atoms with E-state index in [2.05, 4.69) is 19.2 Å². The van der Waals surface area contributed by atoms with Crippen molar-refractivity contribution in [3.8, 4) is 0 Å². The average Bonchev–Trinajstić information content (AvgIpc) is 2.16. The van der Waals surface area contributed by atoms with E-state index in [-0.39, 0.29) is 0 Å². The Hall–Kier alpha value is -1.03. The monoisotopic (exact) mass is 241 g/mol. The minimum Gasteiger partial charge on any atom is -0.385 e. The molecule has 4 heteroatoms. The smallest absolute Gasteiger partial charge is 0.175 e. The molecule has 0 radical (unpaired) electrons. The van der Waals surface area contributed by atoms with Gasteiger partial charge in [0.2, 0.25) is 0 Å². The van der Waals surface area contributed by atoms with Crippen molar-refractivity contribution in [3.63, 3.8) is 0 Å². The minimum absolute atomic E-state index is 0.363. The molecule has 0 fully saturated rings. The summed E-state index contributed by atoms with van der Waals surface area (Å²) in [7, 11) is -3.08. The van der Waals surface area contributed by atoms with E-state index in [1.807, 2.05) is 0 Å². The predicted molar refractivity (Wildman–Crippen MR) is 67.5 cm³/mol. The van der Waals surface area contributed by atoms with Crippen molar-refractivity contribution in [2.24, 2.45) is 5.92 Å². The molecule has 16 heavy (non-hydrogen) atoms. The van der Waals surface area contributed by atoms with Crippen molar-refractivity contribution in [1.82, 2.24) is 0 Å². The van der Waals surface area contributed by atoms with Crippen LogP contribution in [0.5, 0.6) is 0 Å². The lowest BCUT2D eigenvalue weighted by atomic mass is 10.1. The third kappa shape index (κ3) is 4.23.